The van der Waals surface area contributed by atoms with Crippen LogP contribution in [0.25, 0.3) is 0 Å². The third-order valence-electron chi connectivity index (χ3n) is 3.23. The molecule has 1 aromatic rings. The van der Waals surface area contributed by atoms with Gasteiger partial charge in [0.2, 0.25) is 0 Å². The molecule has 0 saturated heterocycles. The molecular weight excluding hydrogens is 214 g/mol. The Morgan fingerprint density at radius 1 is 1.18 bits per heavy atom. The van der Waals surface area contributed by atoms with Crippen LogP contribution in [0.2, 0.25) is 0 Å². The first-order chi connectivity index (χ1) is 8.27. The maximum Gasteiger partial charge on any atom is 0.336 e. The predicted octanol–water partition coefficient (Wildman–Crippen LogP) is 2.73. The van der Waals surface area contributed by atoms with E-state index in [2.05, 4.69) is 5.32 Å². The summed E-state index contributed by atoms with van der Waals surface area (Å²) >= 11 is 0. The van der Waals surface area contributed by atoms with Crippen molar-refractivity contribution < 1.29 is 4.79 Å². The van der Waals surface area contributed by atoms with Gasteiger partial charge in [0.05, 0.1) is 0 Å². The Bertz CT molecular complexity index is 360. The molecule has 0 bridgehead atoms. The van der Waals surface area contributed by atoms with E-state index in [1.807, 2.05) is 30.3 Å². The van der Waals surface area contributed by atoms with Gasteiger partial charge in [0.1, 0.15) is 0 Å². The van der Waals surface area contributed by atoms with Gasteiger partial charge in [-0.1, -0.05) is 37.5 Å². The van der Waals surface area contributed by atoms with Crippen LogP contribution in [0.15, 0.2) is 30.3 Å². The topological polar surface area (TPSA) is 58.4 Å². The summed E-state index contributed by atoms with van der Waals surface area (Å²) in [4.78, 5) is 11.9. The number of nitrogens with zero attached hydrogens (tertiary/aromatic N) is 1. The van der Waals surface area contributed by atoms with E-state index < -0.39 is 0 Å². The summed E-state index contributed by atoms with van der Waals surface area (Å²) in [5, 5.41) is 4.15. The van der Waals surface area contributed by atoms with Crippen molar-refractivity contribution in [2.24, 2.45) is 5.84 Å². The second-order valence-electron chi connectivity index (χ2n) is 4.50. The minimum absolute atomic E-state index is 0.187. The normalized spacial score (nSPS) is 16.5. The Morgan fingerprint density at radius 3 is 2.47 bits per heavy atom. The fraction of sp³-hybridized carbons (Fsp3) is 0.462. The Kier molecular flexibility index (Phi) is 3.98. The molecule has 0 heterocycles. The molecule has 0 radical (unpaired) electrons. The number of anilines is 1. The molecule has 1 aliphatic rings. The average Bonchev–Trinajstić information content (AvgIpc) is 2.40. The number of amides is 2. The van der Waals surface area contributed by atoms with Crippen LogP contribution in [0.5, 0.6) is 0 Å². The molecule has 2 amide bonds. The molecule has 0 aliphatic heterocycles. The average molecular weight is 233 g/mol. The van der Waals surface area contributed by atoms with Gasteiger partial charge in [0.25, 0.3) is 0 Å². The Balaban J connectivity index is 1.90. The van der Waals surface area contributed by atoms with E-state index in [9.17, 15) is 4.79 Å². The van der Waals surface area contributed by atoms with Crippen LogP contribution in [0, 0.1) is 0 Å². The fourth-order valence-electron chi connectivity index (χ4n) is 2.23. The lowest BCUT2D eigenvalue weighted by molar-refractivity contribution is 0.169. The van der Waals surface area contributed by atoms with E-state index in [0.29, 0.717) is 0 Å². The van der Waals surface area contributed by atoms with Crippen molar-refractivity contribution in [1.29, 1.82) is 0 Å². The molecule has 1 saturated carbocycles. The minimum atomic E-state index is -0.219. The lowest BCUT2D eigenvalue weighted by Crippen LogP contribution is -2.48. The summed E-state index contributed by atoms with van der Waals surface area (Å²) in [6.07, 6.45) is 5.61. The molecule has 3 N–H and O–H groups in total. The molecule has 2 rings (SSSR count). The molecule has 17 heavy (non-hydrogen) atoms. The number of hydrogen-bond donors (Lipinski definition) is 2. The number of hydrogen-bond acceptors (Lipinski definition) is 2. The lowest BCUT2D eigenvalue weighted by Gasteiger charge is -2.30. The summed E-state index contributed by atoms with van der Waals surface area (Å²) in [5.41, 5.74) is 0.781. The number of carbonyl (C=O) groups excluding carboxylic acids is 1. The Hall–Kier alpha value is -1.55. The van der Waals surface area contributed by atoms with Crippen LogP contribution in [0.4, 0.5) is 10.5 Å². The quantitative estimate of drug-likeness (QED) is 0.469. The highest BCUT2D eigenvalue weighted by atomic mass is 16.2. The first kappa shape index (κ1) is 11.9. The Morgan fingerprint density at radius 2 is 1.82 bits per heavy atom. The maximum atomic E-state index is 11.9. The van der Waals surface area contributed by atoms with Crippen LogP contribution in [0.1, 0.15) is 32.1 Å². The summed E-state index contributed by atoms with van der Waals surface area (Å²) in [6, 6.07) is 9.36. The van der Waals surface area contributed by atoms with E-state index in [4.69, 9.17) is 5.84 Å². The second-order valence-corrected chi connectivity index (χ2v) is 4.50. The van der Waals surface area contributed by atoms with Crippen LogP contribution >= 0.6 is 0 Å². The van der Waals surface area contributed by atoms with Crippen molar-refractivity contribution in [2.75, 3.05) is 5.32 Å². The first-order valence-electron chi connectivity index (χ1n) is 6.17. The van der Waals surface area contributed by atoms with E-state index in [-0.39, 0.29) is 12.1 Å². The van der Waals surface area contributed by atoms with Gasteiger partial charge in [0.15, 0.2) is 0 Å². The zero-order valence-corrected chi connectivity index (χ0v) is 9.93. The highest BCUT2D eigenvalue weighted by Gasteiger charge is 2.22. The van der Waals surface area contributed by atoms with Gasteiger partial charge in [-0.3, -0.25) is 5.01 Å². The highest BCUT2D eigenvalue weighted by Crippen LogP contribution is 2.21. The van der Waals surface area contributed by atoms with Gasteiger partial charge < -0.3 is 5.32 Å². The zero-order chi connectivity index (χ0) is 12.1. The van der Waals surface area contributed by atoms with Gasteiger partial charge >= 0.3 is 6.03 Å². The summed E-state index contributed by atoms with van der Waals surface area (Å²) in [7, 11) is 0. The molecule has 0 spiro atoms. The minimum Gasteiger partial charge on any atom is -0.307 e. The summed E-state index contributed by atoms with van der Waals surface area (Å²) < 4.78 is 0. The number of carbonyl (C=O) groups is 1. The number of hydrazine groups is 1. The SMILES string of the molecule is NN(C(=O)Nc1ccccc1)C1CCCCC1. The van der Waals surface area contributed by atoms with Crippen molar-refractivity contribution in [1.82, 2.24) is 5.01 Å². The molecule has 92 valence electrons. The third kappa shape index (κ3) is 3.20. The van der Waals surface area contributed by atoms with Crippen molar-refractivity contribution in [3.05, 3.63) is 30.3 Å². The largest absolute Gasteiger partial charge is 0.336 e. The van der Waals surface area contributed by atoms with Crippen molar-refractivity contribution in [3.8, 4) is 0 Å². The van der Waals surface area contributed by atoms with Crippen LogP contribution < -0.4 is 11.2 Å². The number of benzene rings is 1. The van der Waals surface area contributed by atoms with E-state index in [0.717, 1.165) is 31.4 Å². The van der Waals surface area contributed by atoms with Gasteiger partial charge in [-0.05, 0) is 25.0 Å². The van der Waals surface area contributed by atoms with E-state index in [1.54, 1.807) is 0 Å². The van der Waals surface area contributed by atoms with Gasteiger partial charge in [-0.2, -0.15) is 0 Å². The van der Waals surface area contributed by atoms with Gasteiger partial charge in [-0.15, -0.1) is 0 Å². The van der Waals surface area contributed by atoms with Crippen LogP contribution in [-0.4, -0.2) is 17.1 Å². The monoisotopic (exact) mass is 233 g/mol. The number of nitrogens with two attached hydrogens (primary N) is 1. The number of urea groups is 1. The zero-order valence-electron chi connectivity index (χ0n) is 9.93. The van der Waals surface area contributed by atoms with E-state index >= 15 is 0 Å². The first-order valence-corrected chi connectivity index (χ1v) is 6.17. The summed E-state index contributed by atoms with van der Waals surface area (Å²) in [6.45, 7) is 0. The number of para-hydroxylation sites is 1. The molecule has 1 aromatic carbocycles. The molecule has 0 aromatic heterocycles. The third-order valence-corrected chi connectivity index (χ3v) is 3.23. The smallest absolute Gasteiger partial charge is 0.307 e. The molecule has 4 heteroatoms. The Labute approximate surface area is 102 Å². The van der Waals surface area contributed by atoms with Gasteiger partial charge in [0, 0.05) is 11.7 Å². The molecule has 1 aliphatic carbocycles. The predicted molar refractivity (Wildman–Crippen MR) is 68.4 cm³/mol. The molecular formula is C13H19N3O. The lowest BCUT2D eigenvalue weighted by atomic mass is 9.95. The molecule has 0 unspecified atom stereocenters. The van der Waals surface area contributed by atoms with Gasteiger partial charge in [-0.25, -0.2) is 10.6 Å². The van der Waals surface area contributed by atoms with Crippen molar-refractivity contribution in [3.63, 3.8) is 0 Å². The van der Waals surface area contributed by atoms with Crippen molar-refractivity contribution >= 4 is 11.7 Å². The van der Waals surface area contributed by atoms with Crippen molar-refractivity contribution in [2.45, 2.75) is 38.1 Å². The number of nitrogens with one attached hydrogen (secondary N) is 1. The van der Waals surface area contributed by atoms with E-state index in [1.165, 1.54) is 11.4 Å². The fourth-order valence-corrected chi connectivity index (χ4v) is 2.23. The van der Waals surface area contributed by atoms with Crippen LogP contribution in [-0.2, 0) is 0 Å². The second kappa shape index (κ2) is 5.68. The highest BCUT2D eigenvalue weighted by molar-refractivity contribution is 5.89. The maximum absolute atomic E-state index is 11.9. The number of rotatable bonds is 2. The molecule has 0 atom stereocenters. The standard InChI is InChI=1S/C13H19N3O/c14-16(12-9-5-2-6-10-12)13(17)15-11-7-3-1-4-8-11/h1,3-4,7-8,12H,2,5-6,9-10,14H2,(H,15,17). The molecule has 4 nitrogen and oxygen atoms in total. The van der Waals surface area contributed by atoms with Crippen LogP contribution in [0.3, 0.4) is 0 Å². The molecule has 1 fully saturated rings. The summed E-state index contributed by atoms with van der Waals surface area (Å²) in [5.74, 6) is 5.86.